The monoisotopic (exact) mass is 242 g/mol. The molecule has 0 saturated heterocycles. The van der Waals surface area contributed by atoms with Gasteiger partial charge in [-0.05, 0) is 29.8 Å². The fourth-order valence-corrected chi connectivity index (χ4v) is 1.94. The van der Waals surface area contributed by atoms with Crippen molar-refractivity contribution in [2.45, 2.75) is 6.42 Å². The van der Waals surface area contributed by atoms with E-state index in [-0.39, 0.29) is 5.69 Å². The summed E-state index contributed by atoms with van der Waals surface area (Å²) >= 11 is 0. The van der Waals surface area contributed by atoms with Gasteiger partial charge in [0.25, 0.3) is 0 Å². The molecule has 2 heterocycles. The molecule has 0 saturated carbocycles. The molecule has 1 aliphatic rings. The van der Waals surface area contributed by atoms with Crippen LogP contribution in [0.5, 0.6) is 5.75 Å². The molecular formula is C13H10N2O3. The molecular weight excluding hydrogens is 232 g/mol. The van der Waals surface area contributed by atoms with Gasteiger partial charge in [-0.1, -0.05) is 0 Å². The summed E-state index contributed by atoms with van der Waals surface area (Å²) in [7, 11) is 0. The molecule has 2 aromatic rings. The smallest absolute Gasteiger partial charge is 0.354 e. The Balaban J connectivity index is 2.04. The summed E-state index contributed by atoms with van der Waals surface area (Å²) in [6, 6.07) is 7.03. The second-order valence-electron chi connectivity index (χ2n) is 3.99. The minimum absolute atomic E-state index is 0.00301. The average Bonchev–Trinajstić information content (AvgIpc) is 2.86. The predicted octanol–water partition coefficient (Wildman–Crippen LogP) is 1.78. The molecule has 0 aliphatic carbocycles. The zero-order chi connectivity index (χ0) is 12.5. The van der Waals surface area contributed by atoms with Gasteiger partial charge >= 0.3 is 5.97 Å². The number of ether oxygens (including phenoxy) is 1. The lowest BCUT2D eigenvalue weighted by atomic mass is 10.1. The lowest BCUT2D eigenvalue weighted by Crippen LogP contribution is -2.02. The van der Waals surface area contributed by atoms with Crippen molar-refractivity contribution in [3.63, 3.8) is 0 Å². The molecule has 0 spiro atoms. The van der Waals surface area contributed by atoms with Gasteiger partial charge in [-0.3, -0.25) is 0 Å². The number of aromatic carboxylic acids is 1. The Bertz CT molecular complexity index is 625. The van der Waals surface area contributed by atoms with Crippen LogP contribution in [-0.2, 0) is 6.42 Å². The van der Waals surface area contributed by atoms with Crippen molar-refractivity contribution < 1.29 is 14.6 Å². The predicted molar refractivity (Wildman–Crippen MR) is 63.6 cm³/mol. The Morgan fingerprint density at radius 1 is 1.33 bits per heavy atom. The number of carbonyl (C=O) groups is 1. The Labute approximate surface area is 103 Å². The van der Waals surface area contributed by atoms with E-state index in [0.717, 1.165) is 23.3 Å². The number of aromatic nitrogens is 2. The highest BCUT2D eigenvalue weighted by Gasteiger charge is 2.14. The Morgan fingerprint density at radius 2 is 2.22 bits per heavy atom. The first-order valence-electron chi connectivity index (χ1n) is 5.56. The third-order valence-corrected chi connectivity index (χ3v) is 2.82. The van der Waals surface area contributed by atoms with Gasteiger partial charge in [0.05, 0.1) is 6.61 Å². The lowest BCUT2D eigenvalue weighted by Gasteiger charge is -2.03. The fourth-order valence-electron chi connectivity index (χ4n) is 1.94. The van der Waals surface area contributed by atoms with E-state index >= 15 is 0 Å². The zero-order valence-electron chi connectivity index (χ0n) is 9.46. The maximum Gasteiger partial charge on any atom is 0.354 e. The first-order chi connectivity index (χ1) is 8.74. The van der Waals surface area contributed by atoms with Gasteiger partial charge < -0.3 is 9.84 Å². The summed E-state index contributed by atoms with van der Waals surface area (Å²) in [6.07, 6.45) is 2.32. The number of benzene rings is 1. The second kappa shape index (κ2) is 4.10. The van der Waals surface area contributed by atoms with E-state index in [0.29, 0.717) is 12.4 Å². The van der Waals surface area contributed by atoms with Crippen LogP contribution in [0.4, 0.5) is 0 Å². The molecule has 0 fully saturated rings. The van der Waals surface area contributed by atoms with E-state index in [9.17, 15) is 4.79 Å². The highest BCUT2D eigenvalue weighted by Crippen LogP contribution is 2.29. The number of fused-ring (bicyclic) bond motifs is 1. The van der Waals surface area contributed by atoms with Crippen molar-refractivity contribution in [1.82, 2.24) is 9.97 Å². The van der Waals surface area contributed by atoms with Crippen LogP contribution in [0.1, 0.15) is 16.1 Å². The van der Waals surface area contributed by atoms with E-state index < -0.39 is 5.97 Å². The van der Waals surface area contributed by atoms with Crippen LogP contribution < -0.4 is 4.74 Å². The summed E-state index contributed by atoms with van der Waals surface area (Å²) in [6.45, 7) is 0.689. The van der Waals surface area contributed by atoms with Gasteiger partial charge in [-0.25, -0.2) is 14.8 Å². The summed E-state index contributed by atoms with van der Waals surface area (Å²) in [5.41, 5.74) is 1.91. The van der Waals surface area contributed by atoms with E-state index in [2.05, 4.69) is 9.97 Å². The summed E-state index contributed by atoms with van der Waals surface area (Å²) in [5.74, 6) is 0.251. The molecule has 5 heteroatoms. The van der Waals surface area contributed by atoms with Crippen molar-refractivity contribution in [3.8, 4) is 17.1 Å². The number of carboxylic acids is 1. The molecule has 1 aromatic carbocycles. The minimum atomic E-state index is -1.05. The SMILES string of the molecule is O=C(O)c1ccnc(-c2ccc3c(c2)CCO3)n1. The first kappa shape index (κ1) is 10.7. The van der Waals surface area contributed by atoms with Gasteiger partial charge in [-0.2, -0.15) is 0 Å². The zero-order valence-corrected chi connectivity index (χ0v) is 9.46. The van der Waals surface area contributed by atoms with Crippen molar-refractivity contribution in [1.29, 1.82) is 0 Å². The van der Waals surface area contributed by atoms with Crippen LogP contribution in [0, 0.1) is 0 Å². The van der Waals surface area contributed by atoms with Crippen molar-refractivity contribution in [3.05, 3.63) is 41.7 Å². The summed E-state index contributed by atoms with van der Waals surface area (Å²) < 4.78 is 5.42. The lowest BCUT2D eigenvalue weighted by molar-refractivity contribution is 0.0690. The summed E-state index contributed by atoms with van der Waals surface area (Å²) in [5, 5.41) is 8.90. The number of carboxylic acid groups (broad SMARTS) is 1. The van der Waals surface area contributed by atoms with Crippen LogP contribution in [0.15, 0.2) is 30.5 Å². The van der Waals surface area contributed by atoms with Crippen molar-refractivity contribution >= 4 is 5.97 Å². The quantitative estimate of drug-likeness (QED) is 0.868. The van der Waals surface area contributed by atoms with Crippen LogP contribution in [-0.4, -0.2) is 27.7 Å². The molecule has 0 radical (unpaired) electrons. The van der Waals surface area contributed by atoms with Crippen molar-refractivity contribution in [2.75, 3.05) is 6.61 Å². The summed E-state index contributed by atoms with van der Waals surface area (Å²) in [4.78, 5) is 19.0. The average molecular weight is 242 g/mol. The van der Waals surface area contributed by atoms with Crippen LogP contribution >= 0.6 is 0 Å². The molecule has 18 heavy (non-hydrogen) atoms. The third kappa shape index (κ3) is 1.79. The fraction of sp³-hybridized carbons (Fsp3) is 0.154. The van der Waals surface area contributed by atoms with Crippen LogP contribution in [0.3, 0.4) is 0 Å². The number of hydrogen-bond acceptors (Lipinski definition) is 4. The van der Waals surface area contributed by atoms with Gasteiger partial charge in [0.15, 0.2) is 11.5 Å². The molecule has 0 bridgehead atoms. The molecule has 0 amide bonds. The molecule has 0 unspecified atom stereocenters. The highest BCUT2D eigenvalue weighted by atomic mass is 16.5. The maximum atomic E-state index is 10.9. The largest absolute Gasteiger partial charge is 0.493 e. The molecule has 0 atom stereocenters. The standard InChI is InChI=1S/C13H10N2O3/c16-13(17)10-3-5-14-12(15-10)9-1-2-11-8(7-9)4-6-18-11/h1-3,5,7H,4,6H2,(H,16,17). The van der Waals surface area contributed by atoms with Gasteiger partial charge in [0.1, 0.15) is 5.75 Å². The van der Waals surface area contributed by atoms with Crippen LogP contribution in [0.25, 0.3) is 11.4 Å². The Morgan fingerprint density at radius 3 is 3.06 bits per heavy atom. The normalized spacial score (nSPS) is 12.9. The number of hydrogen-bond donors (Lipinski definition) is 1. The van der Waals surface area contributed by atoms with Crippen molar-refractivity contribution in [2.24, 2.45) is 0 Å². The maximum absolute atomic E-state index is 10.9. The second-order valence-corrected chi connectivity index (χ2v) is 3.99. The van der Waals surface area contributed by atoms with Gasteiger partial charge in [-0.15, -0.1) is 0 Å². The molecule has 1 N–H and O–H groups in total. The number of nitrogens with zero attached hydrogens (tertiary/aromatic N) is 2. The van der Waals surface area contributed by atoms with Gasteiger partial charge in [0, 0.05) is 18.2 Å². The van der Waals surface area contributed by atoms with E-state index in [1.165, 1.54) is 12.3 Å². The Kier molecular flexibility index (Phi) is 2.44. The third-order valence-electron chi connectivity index (χ3n) is 2.82. The number of rotatable bonds is 2. The first-order valence-corrected chi connectivity index (χ1v) is 5.56. The molecule has 90 valence electrons. The topological polar surface area (TPSA) is 72.3 Å². The highest BCUT2D eigenvalue weighted by molar-refractivity contribution is 5.85. The van der Waals surface area contributed by atoms with E-state index in [1.807, 2.05) is 18.2 Å². The van der Waals surface area contributed by atoms with Gasteiger partial charge in [0.2, 0.25) is 0 Å². The van der Waals surface area contributed by atoms with Crippen LogP contribution in [0.2, 0.25) is 0 Å². The Hall–Kier alpha value is -2.43. The molecule has 1 aliphatic heterocycles. The minimum Gasteiger partial charge on any atom is -0.493 e. The molecule has 3 rings (SSSR count). The molecule has 1 aromatic heterocycles. The van der Waals surface area contributed by atoms with E-state index in [1.54, 1.807) is 0 Å². The molecule has 5 nitrogen and oxygen atoms in total. The van der Waals surface area contributed by atoms with E-state index in [4.69, 9.17) is 9.84 Å².